The van der Waals surface area contributed by atoms with E-state index in [0.29, 0.717) is 22.2 Å². The number of benzene rings is 1. The smallest absolute Gasteiger partial charge is 0.358 e. The molecular weight excluding hydrogens is 420 g/mol. The van der Waals surface area contributed by atoms with E-state index < -0.39 is 24.3 Å². The largest absolute Gasteiger partial charge is 0.451 e. The molecule has 2 aromatic heterocycles. The van der Waals surface area contributed by atoms with Crippen molar-refractivity contribution in [3.63, 3.8) is 0 Å². The van der Waals surface area contributed by atoms with Crippen molar-refractivity contribution in [2.24, 2.45) is 7.05 Å². The summed E-state index contributed by atoms with van der Waals surface area (Å²) in [5, 5.41) is 9.05. The summed E-state index contributed by atoms with van der Waals surface area (Å²) in [4.78, 5) is 28.7. The highest BCUT2D eigenvalue weighted by Gasteiger charge is 2.44. The Labute approximate surface area is 181 Å². The van der Waals surface area contributed by atoms with Crippen LogP contribution in [0.15, 0.2) is 36.0 Å². The molecule has 1 amide bonds. The van der Waals surface area contributed by atoms with Crippen molar-refractivity contribution in [1.29, 1.82) is 0 Å². The van der Waals surface area contributed by atoms with Crippen molar-refractivity contribution < 1.29 is 23.8 Å². The zero-order chi connectivity index (χ0) is 21.4. The Kier molecular flexibility index (Phi) is 4.85. The van der Waals surface area contributed by atoms with E-state index in [-0.39, 0.29) is 5.69 Å². The Morgan fingerprint density at radius 1 is 1.26 bits per heavy atom. The van der Waals surface area contributed by atoms with Crippen LogP contribution in [0.2, 0.25) is 0 Å². The average molecular weight is 440 g/mol. The maximum Gasteiger partial charge on any atom is 0.358 e. The third-order valence-electron chi connectivity index (χ3n) is 5.18. The number of carbonyl (C=O) groups excluding carboxylic acids is 2. The number of anilines is 1. The summed E-state index contributed by atoms with van der Waals surface area (Å²) in [5.74, 6) is -0.370. The number of amides is 1. The van der Waals surface area contributed by atoms with Crippen LogP contribution in [-0.2, 0) is 16.6 Å². The SMILES string of the molecule is Cn1cc(-c2nc(C(=O)OCC(=O)Nc3ccc4c(c3)OC3(CCCC3)O4)cs2)cn1. The van der Waals surface area contributed by atoms with E-state index in [9.17, 15) is 9.59 Å². The zero-order valence-electron chi connectivity index (χ0n) is 16.8. The van der Waals surface area contributed by atoms with E-state index in [0.717, 1.165) is 31.2 Å². The van der Waals surface area contributed by atoms with Gasteiger partial charge in [0.05, 0.1) is 6.20 Å². The second-order valence-corrected chi connectivity index (χ2v) is 8.41. The van der Waals surface area contributed by atoms with Crippen molar-refractivity contribution in [3.8, 4) is 22.1 Å². The van der Waals surface area contributed by atoms with E-state index in [1.54, 1.807) is 47.7 Å². The van der Waals surface area contributed by atoms with E-state index >= 15 is 0 Å². The van der Waals surface area contributed by atoms with E-state index in [2.05, 4.69) is 15.4 Å². The second kappa shape index (κ2) is 7.69. The predicted octanol–water partition coefficient (Wildman–Crippen LogP) is 3.38. The van der Waals surface area contributed by atoms with Gasteiger partial charge >= 0.3 is 5.97 Å². The van der Waals surface area contributed by atoms with Gasteiger partial charge < -0.3 is 19.5 Å². The Balaban J connectivity index is 1.16. The van der Waals surface area contributed by atoms with Crippen LogP contribution >= 0.6 is 11.3 Å². The van der Waals surface area contributed by atoms with Gasteiger partial charge in [-0.05, 0) is 25.0 Å². The maximum absolute atomic E-state index is 12.2. The lowest BCUT2D eigenvalue weighted by Gasteiger charge is -2.21. The fourth-order valence-corrected chi connectivity index (χ4v) is 4.49. The number of carbonyl (C=O) groups is 2. The third kappa shape index (κ3) is 3.98. The number of nitrogens with one attached hydrogen (secondary N) is 1. The number of esters is 1. The van der Waals surface area contributed by atoms with Gasteiger partial charge in [-0.3, -0.25) is 9.48 Å². The number of fused-ring (bicyclic) bond motifs is 1. The summed E-state index contributed by atoms with van der Waals surface area (Å²) < 4.78 is 18.7. The molecule has 1 aliphatic heterocycles. The van der Waals surface area contributed by atoms with Gasteiger partial charge in [0.2, 0.25) is 0 Å². The second-order valence-electron chi connectivity index (χ2n) is 7.55. The lowest BCUT2D eigenvalue weighted by atomic mass is 10.2. The van der Waals surface area contributed by atoms with E-state index in [4.69, 9.17) is 14.2 Å². The standard InChI is InChI=1S/C21H20N4O5S/c1-25-10-13(9-22-25)19-24-15(12-31-19)20(27)28-11-18(26)23-14-4-5-16-17(8-14)30-21(29-16)6-2-3-7-21/h4-5,8-10,12H,2-3,6-7,11H2,1H3,(H,23,26). The molecule has 2 aliphatic rings. The fraction of sp³-hybridized carbons (Fsp3) is 0.333. The summed E-state index contributed by atoms with van der Waals surface area (Å²) in [6.45, 7) is -0.420. The molecule has 10 heteroatoms. The van der Waals surface area contributed by atoms with Crippen LogP contribution in [0.25, 0.3) is 10.6 Å². The van der Waals surface area contributed by atoms with Gasteiger partial charge in [-0.15, -0.1) is 11.3 Å². The van der Waals surface area contributed by atoms with Crippen LogP contribution in [-0.4, -0.2) is 39.0 Å². The molecule has 0 atom stereocenters. The molecule has 160 valence electrons. The number of hydrogen-bond acceptors (Lipinski definition) is 8. The number of hydrogen-bond donors (Lipinski definition) is 1. The predicted molar refractivity (Wildman–Crippen MR) is 112 cm³/mol. The van der Waals surface area contributed by atoms with Gasteiger partial charge in [-0.2, -0.15) is 5.10 Å². The van der Waals surface area contributed by atoms with Crippen LogP contribution in [0.1, 0.15) is 36.2 Å². The molecule has 0 radical (unpaired) electrons. The first-order valence-electron chi connectivity index (χ1n) is 9.93. The zero-order valence-corrected chi connectivity index (χ0v) is 17.6. The highest BCUT2D eigenvalue weighted by Crippen LogP contribution is 2.47. The first-order valence-corrected chi connectivity index (χ1v) is 10.8. The Morgan fingerprint density at radius 3 is 2.84 bits per heavy atom. The highest BCUT2D eigenvalue weighted by atomic mass is 32.1. The molecule has 0 unspecified atom stereocenters. The van der Waals surface area contributed by atoms with Gasteiger partial charge in [0, 0.05) is 48.8 Å². The summed E-state index contributed by atoms with van der Waals surface area (Å²) in [6.07, 6.45) is 7.34. The molecule has 3 heterocycles. The molecule has 5 rings (SSSR count). The van der Waals surface area contributed by atoms with Crippen LogP contribution in [0, 0.1) is 0 Å². The summed E-state index contributed by atoms with van der Waals surface area (Å²) in [5.41, 5.74) is 1.51. The lowest BCUT2D eigenvalue weighted by molar-refractivity contribution is -0.119. The lowest BCUT2D eigenvalue weighted by Crippen LogP contribution is -2.34. The molecule has 3 aromatic rings. The summed E-state index contributed by atoms with van der Waals surface area (Å²) >= 11 is 1.31. The van der Waals surface area contributed by atoms with Gasteiger partial charge in [-0.1, -0.05) is 0 Å². The molecule has 1 aliphatic carbocycles. The van der Waals surface area contributed by atoms with E-state index in [1.165, 1.54) is 11.3 Å². The fourth-order valence-electron chi connectivity index (χ4n) is 3.72. The topological polar surface area (TPSA) is 105 Å². The minimum Gasteiger partial charge on any atom is -0.451 e. The van der Waals surface area contributed by atoms with Crippen LogP contribution in [0.3, 0.4) is 0 Å². The van der Waals surface area contributed by atoms with Crippen LogP contribution < -0.4 is 14.8 Å². The number of thiazole rings is 1. The van der Waals surface area contributed by atoms with Crippen molar-refractivity contribution >= 4 is 28.9 Å². The monoisotopic (exact) mass is 440 g/mol. The molecule has 0 saturated heterocycles. The Morgan fingerprint density at radius 2 is 2.06 bits per heavy atom. The Hall–Kier alpha value is -3.40. The molecular formula is C21H20N4O5S. The molecule has 9 nitrogen and oxygen atoms in total. The quantitative estimate of drug-likeness (QED) is 0.607. The van der Waals surface area contributed by atoms with Crippen molar-refractivity contribution in [1.82, 2.24) is 14.8 Å². The third-order valence-corrected chi connectivity index (χ3v) is 6.08. The number of ether oxygens (including phenoxy) is 3. The normalized spacial score (nSPS) is 15.9. The molecule has 1 N–H and O–H groups in total. The number of nitrogens with zero attached hydrogens (tertiary/aromatic N) is 3. The van der Waals surface area contributed by atoms with Gasteiger partial charge in [0.1, 0.15) is 5.01 Å². The summed E-state index contributed by atoms with van der Waals surface area (Å²) in [7, 11) is 1.80. The molecule has 1 spiro atoms. The molecule has 1 aromatic carbocycles. The minimum absolute atomic E-state index is 0.154. The van der Waals surface area contributed by atoms with Crippen molar-refractivity contribution in [2.45, 2.75) is 31.5 Å². The molecule has 0 bridgehead atoms. The van der Waals surface area contributed by atoms with Gasteiger partial charge in [0.25, 0.3) is 11.7 Å². The van der Waals surface area contributed by atoms with Crippen LogP contribution in [0.4, 0.5) is 5.69 Å². The number of rotatable bonds is 5. The first kappa shape index (κ1) is 19.6. The van der Waals surface area contributed by atoms with Gasteiger partial charge in [0.15, 0.2) is 23.8 Å². The average Bonchev–Trinajstić information content (AvgIpc) is 3.53. The molecule has 31 heavy (non-hydrogen) atoms. The van der Waals surface area contributed by atoms with Gasteiger partial charge in [-0.25, -0.2) is 9.78 Å². The minimum atomic E-state index is -0.657. The first-order chi connectivity index (χ1) is 15.0. The van der Waals surface area contributed by atoms with E-state index in [1.807, 2.05) is 0 Å². The molecule has 1 saturated carbocycles. The highest BCUT2D eigenvalue weighted by molar-refractivity contribution is 7.13. The maximum atomic E-state index is 12.2. The van der Waals surface area contributed by atoms with Crippen molar-refractivity contribution in [2.75, 3.05) is 11.9 Å². The van der Waals surface area contributed by atoms with Crippen molar-refractivity contribution in [3.05, 3.63) is 41.7 Å². The van der Waals surface area contributed by atoms with Crippen LogP contribution in [0.5, 0.6) is 11.5 Å². The molecule has 1 fully saturated rings. The Bertz CT molecular complexity index is 1150. The number of aryl methyl sites for hydroxylation is 1. The summed E-state index contributed by atoms with van der Waals surface area (Å²) in [6, 6.07) is 5.23. The number of aromatic nitrogens is 3.